The molecule has 0 heterocycles. The molecule has 0 saturated heterocycles. The van der Waals surface area contributed by atoms with Gasteiger partial charge in [0, 0.05) is 17.8 Å². The van der Waals surface area contributed by atoms with Gasteiger partial charge in [-0.3, -0.25) is 9.69 Å². The molecule has 2 aromatic rings. The van der Waals surface area contributed by atoms with Crippen molar-refractivity contribution in [2.45, 2.75) is 26.3 Å². The van der Waals surface area contributed by atoms with Crippen molar-refractivity contribution in [3.8, 4) is 11.5 Å². The third-order valence-electron chi connectivity index (χ3n) is 4.20. The molecule has 0 spiro atoms. The van der Waals surface area contributed by atoms with E-state index in [1.54, 1.807) is 14.2 Å². The highest BCUT2D eigenvalue weighted by atomic mass is 16.5. The lowest BCUT2D eigenvalue weighted by molar-refractivity contribution is -0.117. The first kappa shape index (κ1) is 19.8. The number of rotatable bonds is 8. The molecule has 0 aliphatic rings. The van der Waals surface area contributed by atoms with Crippen LogP contribution in [0.3, 0.4) is 0 Å². The van der Waals surface area contributed by atoms with E-state index < -0.39 is 0 Å². The fourth-order valence-corrected chi connectivity index (χ4v) is 2.82. The van der Waals surface area contributed by atoms with Crippen LogP contribution in [0.4, 0.5) is 5.69 Å². The zero-order chi connectivity index (χ0) is 19.1. The molecule has 26 heavy (non-hydrogen) atoms. The summed E-state index contributed by atoms with van der Waals surface area (Å²) in [4.78, 5) is 14.2. The zero-order valence-corrected chi connectivity index (χ0v) is 16.2. The first-order chi connectivity index (χ1) is 12.4. The topological polar surface area (TPSA) is 50.8 Å². The summed E-state index contributed by atoms with van der Waals surface area (Å²) < 4.78 is 10.8. The molecule has 2 rings (SSSR count). The largest absolute Gasteiger partial charge is 0.493 e. The lowest BCUT2D eigenvalue weighted by Gasteiger charge is -2.19. The van der Waals surface area contributed by atoms with Gasteiger partial charge in [0.15, 0.2) is 11.5 Å². The normalized spacial score (nSPS) is 10.9. The molecule has 0 aromatic heterocycles. The second-order valence-corrected chi connectivity index (χ2v) is 6.65. The second kappa shape index (κ2) is 9.25. The van der Waals surface area contributed by atoms with Crippen LogP contribution in [0.2, 0.25) is 0 Å². The van der Waals surface area contributed by atoms with Crippen LogP contribution in [0.15, 0.2) is 42.5 Å². The number of amides is 1. The molecule has 0 saturated carbocycles. The van der Waals surface area contributed by atoms with E-state index in [1.165, 1.54) is 5.56 Å². The van der Waals surface area contributed by atoms with Crippen molar-refractivity contribution in [1.82, 2.24) is 4.90 Å². The van der Waals surface area contributed by atoms with Crippen LogP contribution < -0.4 is 14.8 Å². The summed E-state index contributed by atoms with van der Waals surface area (Å²) in [5, 5.41) is 2.94. The van der Waals surface area contributed by atoms with Crippen LogP contribution in [-0.2, 0) is 11.3 Å². The van der Waals surface area contributed by atoms with E-state index in [9.17, 15) is 4.79 Å². The summed E-state index contributed by atoms with van der Waals surface area (Å²) in [7, 11) is 5.14. The van der Waals surface area contributed by atoms with E-state index >= 15 is 0 Å². The molecule has 5 nitrogen and oxygen atoms in total. The van der Waals surface area contributed by atoms with Gasteiger partial charge >= 0.3 is 0 Å². The number of anilines is 1. The van der Waals surface area contributed by atoms with E-state index in [0.29, 0.717) is 24.0 Å². The molecule has 1 amide bonds. The van der Waals surface area contributed by atoms with Crippen LogP contribution in [0.1, 0.15) is 30.9 Å². The number of likely N-dealkylation sites (N-methyl/N-ethyl adjacent to an activating group) is 1. The Morgan fingerprint density at radius 2 is 1.77 bits per heavy atom. The number of methoxy groups -OCH3 is 2. The Kier molecular flexibility index (Phi) is 7.04. The quantitative estimate of drug-likeness (QED) is 0.779. The molecule has 0 aliphatic heterocycles. The molecule has 0 atom stereocenters. The van der Waals surface area contributed by atoms with Crippen LogP contribution in [0, 0.1) is 0 Å². The van der Waals surface area contributed by atoms with Gasteiger partial charge in [-0.1, -0.05) is 38.1 Å². The third kappa shape index (κ3) is 5.23. The fraction of sp³-hybridized carbons (Fsp3) is 0.381. The summed E-state index contributed by atoms with van der Waals surface area (Å²) in [5.74, 6) is 1.81. The van der Waals surface area contributed by atoms with Crippen molar-refractivity contribution in [2.24, 2.45) is 0 Å². The molecule has 5 heteroatoms. The Morgan fingerprint density at radius 1 is 1.08 bits per heavy atom. The number of ether oxygens (including phenoxy) is 2. The zero-order valence-electron chi connectivity index (χ0n) is 16.2. The molecule has 140 valence electrons. The van der Waals surface area contributed by atoms with Gasteiger partial charge < -0.3 is 14.8 Å². The summed E-state index contributed by atoms with van der Waals surface area (Å²) in [6.07, 6.45) is 0. The minimum atomic E-state index is -0.0494. The van der Waals surface area contributed by atoms with Crippen LogP contribution >= 0.6 is 0 Å². The summed E-state index contributed by atoms with van der Waals surface area (Å²) in [6.45, 7) is 5.16. The molecule has 0 bridgehead atoms. The molecule has 2 aromatic carbocycles. The van der Waals surface area contributed by atoms with Gasteiger partial charge in [-0.15, -0.1) is 0 Å². The van der Waals surface area contributed by atoms with Gasteiger partial charge in [0.05, 0.1) is 20.8 Å². The molecular formula is C21H28N2O3. The predicted octanol–water partition coefficient (Wildman–Crippen LogP) is 3.90. The highest BCUT2D eigenvalue weighted by molar-refractivity contribution is 5.92. The number of carbonyl (C=O) groups excluding carboxylic acids is 1. The lowest BCUT2D eigenvalue weighted by atomic mass is 10.0. The first-order valence-electron chi connectivity index (χ1n) is 8.72. The van der Waals surface area contributed by atoms with Gasteiger partial charge in [0.25, 0.3) is 0 Å². The summed E-state index contributed by atoms with van der Waals surface area (Å²) >= 11 is 0. The van der Waals surface area contributed by atoms with E-state index in [-0.39, 0.29) is 12.5 Å². The number of para-hydroxylation sites is 1. The molecule has 0 unspecified atom stereocenters. The molecule has 0 fully saturated rings. The van der Waals surface area contributed by atoms with Crippen LogP contribution in [0.5, 0.6) is 11.5 Å². The maximum atomic E-state index is 12.3. The molecule has 0 aliphatic carbocycles. The molecular weight excluding hydrogens is 328 g/mol. The summed E-state index contributed by atoms with van der Waals surface area (Å²) in [6, 6.07) is 13.7. The van der Waals surface area contributed by atoms with Gasteiger partial charge in [-0.2, -0.15) is 0 Å². The van der Waals surface area contributed by atoms with Gasteiger partial charge in [-0.25, -0.2) is 0 Å². The first-order valence-corrected chi connectivity index (χ1v) is 8.72. The van der Waals surface area contributed by atoms with E-state index in [2.05, 4.69) is 19.2 Å². The Labute approximate surface area is 155 Å². The number of carbonyl (C=O) groups is 1. The van der Waals surface area contributed by atoms with Crippen molar-refractivity contribution in [2.75, 3.05) is 33.1 Å². The Hall–Kier alpha value is -2.53. The van der Waals surface area contributed by atoms with Crippen molar-refractivity contribution in [3.05, 3.63) is 53.6 Å². The maximum absolute atomic E-state index is 12.3. The second-order valence-electron chi connectivity index (χ2n) is 6.65. The van der Waals surface area contributed by atoms with E-state index in [4.69, 9.17) is 9.47 Å². The molecule has 0 radical (unpaired) electrons. The van der Waals surface area contributed by atoms with Crippen molar-refractivity contribution in [1.29, 1.82) is 0 Å². The van der Waals surface area contributed by atoms with E-state index in [1.807, 2.05) is 54.4 Å². The predicted molar refractivity (Wildman–Crippen MR) is 105 cm³/mol. The number of nitrogens with zero attached hydrogens (tertiary/aromatic N) is 1. The molecule has 1 N–H and O–H groups in total. The highest BCUT2D eigenvalue weighted by Crippen LogP contribution is 2.31. The SMILES string of the molecule is COc1cccc(CN(C)CC(=O)Nc2ccc(C(C)C)cc2)c1OC. The number of hydrogen-bond donors (Lipinski definition) is 1. The van der Waals surface area contributed by atoms with Gasteiger partial charge in [-0.05, 0) is 36.7 Å². The van der Waals surface area contributed by atoms with Crippen LogP contribution in [0.25, 0.3) is 0 Å². The number of nitrogens with one attached hydrogen (secondary N) is 1. The van der Waals surface area contributed by atoms with Gasteiger partial charge in [0.2, 0.25) is 5.91 Å². The minimum absolute atomic E-state index is 0.0494. The number of hydrogen-bond acceptors (Lipinski definition) is 4. The average molecular weight is 356 g/mol. The summed E-state index contributed by atoms with van der Waals surface area (Å²) in [5.41, 5.74) is 3.04. The Bertz CT molecular complexity index is 727. The third-order valence-corrected chi connectivity index (χ3v) is 4.20. The fourth-order valence-electron chi connectivity index (χ4n) is 2.82. The standard InChI is InChI=1S/C21H28N2O3/c1-15(2)16-9-11-18(12-10-16)22-20(24)14-23(3)13-17-7-6-8-19(25-4)21(17)26-5/h6-12,15H,13-14H2,1-5H3,(H,22,24). The lowest BCUT2D eigenvalue weighted by Crippen LogP contribution is -2.30. The van der Waals surface area contributed by atoms with Crippen molar-refractivity contribution < 1.29 is 14.3 Å². The smallest absolute Gasteiger partial charge is 0.238 e. The number of benzene rings is 2. The van der Waals surface area contributed by atoms with Gasteiger partial charge in [0.1, 0.15) is 0 Å². The maximum Gasteiger partial charge on any atom is 0.238 e. The Morgan fingerprint density at radius 3 is 2.35 bits per heavy atom. The van der Waals surface area contributed by atoms with Crippen molar-refractivity contribution >= 4 is 11.6 Å². The minimum Gasteiger partial charge on any atom is -0.493 e. The Balaban J connectivity index is 1.95. The van der Waals surface area contributed by atoms with Crippen molar-refractivity contribution in [3.63, 3.8) is 0 Å². The van der Waals surface area contributed by atoms with E-state index in [0.717, 1.165) is 11.3 Å². The average Bonchev–Trinajstić information content (AvgIpc) is 2.61. The monoisotopic (exact) mass is 356 g/mol. The highest BCUT2D eigenvalue weighted by Gasteiger charge is 2.13. The van der Waals surface area contributed by atoms with Crippen LogP contribution in [-0.4, -0.2) is 38.6 Å².